The maximum Gasteiger partial charge on any atom is 0.310 e. The molecule has 0 spiro atoms. The molecule has 1 atom stereocenters. The average Bonchev–Trinajstić information content (AvgIpc) is 2.78. The van der Waals surface area contributed by atoms with Gasteiger partial charge in [0.05, 0.1) is 19.6 Å². The summed E-state index contributed by atoms with van der Waals surface area (Å²) in [5.41, 5.74) is 1.47. The van der Waals surface area contributed by atoms with Crippen LogP contribution in [0.4, 0.5) is 0 Å². The maximum absolute atomic E-state index is 13.0. The Morgan fingerprint density at radius 1 is 1.13 bits per heavy atom. The molecule has 3 rings (SSSR count). The molecule has 2 aromatic carbocycles. The lowest BCUT2D eigenvalue weighted by molar-refractivity contribution is -0.149. The molecule has 1 saturated heterocycles. The predicted molar refractivity (Wildman–Crippen MR) is 114 cm³/mol. The Kier molecular flexibility index (Phi) is 7.57. The average molecular weight is 432 g/mol. The van der Waals surface area contributed by atoms with E-state index in [1.54, 1.807) is 42.2 Å². The van der Waals surface area contributed by atoms with Crippen LogP contribution < -0.4 is 9.47 Å². The Morgan fingerprint density at radius 3 is 2.60 bits per heavy atom. The summed E-state index contributed by atoms with van der Waals surface area (Å²) in [5.74, 6) is 0.386. The monoisotopic (exact) mass is 431 g/mol. The van der Waals surface area contributed by atoms with E-state index in [1.165, 1.54) is 7.11 Å². The fourth-order valence-electron chi connectivity index (χ4n) is 3.46. The van der Waals surface area contributed by atoms with E-state index < -0.39 is 0 Å². The molecule has 160 valence electrons. The van der Waals surface area contributed by atoms with E-state index in [0.29, 0.717) is 48.4 Å². The van der Waals surface area contributed by atoms with Crippen LogP contribution in [0.5, 0.6) is 11.5 Å². The molecule has 1 aliphatic rings. The molecule has 1 unspecified atom stereocenters. The Morgan fingerprint density at radius 2 is 1.90 bits per heavy atom. The molecule has 0 saturated carbocycles. The second kappa shape index (κ2) is 10.3. The first kappa shape index (κ1) is 22.0. The van der Waals surface area contributed by atoms with Gasteiger partial charge in [0, 0.05) is 23.7 Å². The number of hydrogen-bond donors (Lipinski definition) is 0. The van der Waals surface area contributed by atoms with Crippen molar-refractivity contribution in [2.75, 3.05) is 26.8 Å². The number of carbonyl (C=O) groups excluding carboxylic acids is 2. The highest BCUT2D eigenvalue weighted by atomic mass is 35.5. The summed E-state index contributed by atoms with van der Waals surface area (Å²) in [4.78, 5) is 26.7. The van der Waals surface area contributed by atoms with Gasteiger partial charge in [0.2, 0.25) is 0 Å². The zero-order valence-electron chi connectivity index (χ0n) is 17.2. The molecule has 0 aliphatic carbocycles. The van der Waals surface area contributed by atoms with E-state index in [4.69, 9.17) is 25.8 Å². The molecule has 1 fully saturated rings. The number of piperidine rings is 1. The van der Waals surface area contributed by atoms with Crippen molar-refractivity contribution in [2.45, 2.75) is 26.4 Å². The molecular formula is C23H26ClNO5. The highest BCUT2D eigenvalue weighted by molar-refractivity contribution is 6.30. The van der Waals surface area contributed by atoms with Crippen molar-refractivity contribution in [3.63, 3.8) is 0 Å². The second-order valence-corrected chi connectivity index (χ2v) is 7.56. The van der Waals surface area contributed by atoms with Crippen molar-refractivity contribution in [2.24, 2.45) is 5.92 Å². The number of methoxy groups -OCH3 is 1. The molecule has 30 heavy (non-hydrogen) atoms. The van der Waals surface area contributed by atoms with Crippen LogP contribution in [0.15, 0.2) is 42.5 Å². The molecular weight excluding hydrogens is 406 g/mol. The highest BCUT2D eigenvalue weighted by Crippen LogP contribution is 2.30. The van der Waals surface area contributed by atoms with E-state index >= 15 is 0 Å². The van der Waals surface area contributed by atoms with Gasteiger partial charge < -0.3 is 19.1 Å². The van der Waals surface area contributed by atoms with Crippen LogP contribution in [-0.2, 0) is 16.1 Å². The summed E-state index contributed by atoms with van der Waals surface area (Å²) in [6, 6.07) is 12.5. The van der Waals surface area contributed by atoms with Crippen LogP contribution >= 0.6 is 11.6 Å². The fraction of sp³-hybridized carbons (Fsp3) is 0.391. The Hall–Kier alpha value is -2.73. The lowest BCUT2D eigenvalue weighted by atomic mass is 9.97. The van der Waals surface area contributed by atoms with Gasteiger partial charge in [0.15, 0.2) is 11.5 Å². The van der Waals surface area contributed by atoms with Crippen LogP contribution in [0.3, 0.4) is 0 Å². The Balaban J connectivity index is 1.68. The zero-order valence-corrected chi connectivity index (χ0v) is 18.0. The molecule has 0 radical (unpaired) electrons. The Labute approximate surface area is 181 Å². The van der Waals surface area contributed by atoms with Gasteiger partial charge >= 0.3 is 5.97 Å². The van der Waals surface area contributed by atoms with Gasteiger partial charge in [-0.25, -0.2) is 0 Å². The van der Waals surface area contributed by atoms with Crippen LogP contribution in [0, 0.1) is 5.92 Å². The van der Waals surface area contributed by atoms with Crippen LogP contribution in [0.2, 0.25) is 5.02 Å². The van der Waals surface area contributed by atoms with E-state index in [9.17, 15) is 9.59 Å². The van der Waals surface area contributed by atoms with Gasteiger partial charge in [0.1, 0.15) is 6.61 Å². The van der Waals surface area contributed by atoms with Crippen LogP contribution in [0.1, 0.15) is 35.7 Å². The molecule has 1 aliphatic heterocycles. The molecule has 0 bridgehead atoms. The summed E-state index contributed by atoms with van der Waals surface area (Å²) in [7, 11) is 1.54. The van der Waals surface area contributed by atoms with Crippen molar-refractivity contribution < 1.29 is 23.8 Å². The second-order valence-electron chi connectivity index (χ2n) is 7.12. The number of hydrogen-bond acceptors (Lipinski definition) is 5. The first-order valence-corrected chi connectivity index (χ1v) is 10.4. The molecule has 1 amide bonds. The summed E-state index contributed by atoms with van der Waals surface area (Å²) in [5, 5.41) is 0.669. The van der Waals surface area contributed by atoms with Crippen LogP contribution in [-0.4, -0.2) is 43.6 Å². The highest BCUT2D eigenvalue weighted by Gasteiger charge is 2.30. The molecule has 7 heteroatoms. The number of halogens is 1. The molecule has 6 nitrogen and oxygen atoms in total. The quantitative estimate of drug-likeness (QED) is 0.610. The topological polar surface area (TPSA) is 65.1 Å². The van der Waals surface area contributed by atoms with Crippen molar-refractivity contribution >= 4 is 23.5 Å². The maximum atomic E-state index is 13.0. The van der Waals surface area contributed by atoms with Crippen molar-refractivity contribution in [1.82, 2.24) is 4.90 Å². The minimum Gasteiger partial charge on any atom is -0.493 e. The third kappa shape index (κ3) is 5.45. The number of benzene rings is 2. The number of ether oxygens (including phenoxy) is 3. The van der Waals surface area contributed by atoms with Crippen molar-refractivity contribution in [3.05, 3.63) is 58.6 Å². The lowest BCUT2D eigenvalue weighted by Gasteiger charge is -2.31. The van der Waals surface area contributed by atoms with Crippen molar-refractivity contribution in [1.29, 1.82) is 0 Å². The third-order valence-corrected chi connectivity index (χ3v) is 5.30. The SMILES string of the molecule is CCOC(=O)C1CCCN(C(=O)c2ccc(OCc3ccc(Cl)cc3)c(OC)c2)C1. The van der Waals surface area contributed by atoms with Crippen molar-refractivity contribution in [3.8, 4) is 11.5 Å². The first-order valence-electron chi connectivity index (χ1n) is 10.0. The van der Waals surface area contributed by atoms with E-state index in [2.05, 4.69) is 0 Å². The standard InChI is InChI=1S/C23H26ClNO5/c1-3-29-23(27)18-5-4-12-25(14-18)22(26)17-8-11-20(21(13-17)28-2)30-15-16-6-9-19(24)10-7-16/h6-11,13,18H,3-5,12,14-15H2,1-2H3. The van der Waals surface area contributed by atoms with Gasteiger partial charge in [-0.1, -0.05) is 23.7 Å². The first-order chi connectivity index (χ1) is 14.5. The normalized spacial score (nSPS) is 16.1. The summed E-state index contributed by atoms with van der Waals surface area (Å²) < 4.78 is 16.4. The Bertz CT molecular complexity index is 884. The van der Waals surface area contributed by atoms with Gasteiger partial charge in [-0.3, -0.25) is 9.59 Å². The fourth-order valence-corrected chi connectivity index (χ4v) is 3.58. The van der Waals surface area contributed by atoms with E-state index in [0.717, 1.165) is 18.4 Å². The lowest BCUT2D eigenvalue weighted by Crippen LogP contribution is -2.42. The summed E-state index contributed by atoms with van der Waals surface area (Å²) >= 11 is 5.91. The van der Waals surface area contributed by atoms with E-state index in [1.807, 2.05) is 12.1 Å². The number of carbonyl (C=O) groups is 2. The van der Waals surface area contributed by atoms with Crippen LogP contribution in [0.25, 0.3) is 0 Å². The van der Waals surface area contributed by atoms with E-state index in [-0.39, 0.29) is 17.8 Å². The minimum atomic E-state index is -0.272. The van der Waals surface area contributed by atoms with Gasteiger partial charge in [-0.2, -0.15) is 0 Å². The molecule has 0 aromatic heterocycles. The number of rotatable bonds is 7. The summed E-state index contributed by atoms with van der Waals surface area (Å²) in [6.45, 7) is 3.47. The number of nitrogens with zero attached hydrogens (tertiary/aromatic N) is 1. The van der Waals surface area contributed by atoms with Gasteiger partial charge in [0.25, 0.3) is 5.91 Å². The smallest absolute Gasteiger partial charge is 0.310 e. The molecule has 0 N–H and O–H groups in total. The number of esters is 1. The number of likely N-dealkylation sites (tertiary alicyclic amines) is 1. The predicted octanol–water partition coefficient (Wildman–Crippen LogP) is 4.34. The summed E-state index contributed by atoms with van der Waals surface area (Å²) in [6.07, 6.45) is 1.51. The minimum absolute atomic E-state index is 0.133. The largest absolute Gasteiger partial charge is 0.493 e. The molecule has 1 heterocycles. The third-order valence-electron chi connectivity index (χ3n) is 5.05. The van der Waals surface area contributed by atoms with Gasteiger partial charge in [-0.05, 0) is 55.7 Å². The number of amides is 1. The van der Waals surface area contributed by atoms with Gasteiger partial charge in [-0.15, -0.1) is 0 Å². The zero-order chi connectivity index (χ0) is 21.5. The molecule has 2 aromatic rings.